The Bertz CT molecular complexity index is 393. The monoisotopic (exact) mass is 268 g/mol. The Hall–Kier alpha value is -1.16. The van der Waals surface area contributed by atoms with Crippen LogP contribution in [0.1, 0.15) is 47.0 Å². The predicted octanol–water partition coefficient (Wildman–Crippen LogP) is 2.41. The fraction of sp³-hybridized carbons (Fsp3) is 0.733. The Labute approximate surface area is 114 Å². The number of aliphatic hydroxyl groups excluding tert-OH is 2. The molecule has 0 aromatic heterocycles. The van der Waals surface area contributed by atoms with Crippen molar-refractivity contribution in [2.75, 3.05) is 0 Å². The molecule has 0 fully saturated rings. The molecular weight excluding hydrogens is 244 g/mol. The van der Waals surface area contributed by atoms with Gasteiger partial charge in [-0.25, -0.2) is 0 Å². The first-order valence-electron chi connectivity index (χ1n) is 6.94. The third-order valence-electron chi connectivity index (χ3n) is 3.43. The lowest BCUT2D eigenvalue weighted by Crippen LogP contribution is -2.25. The maximum atomic E-state index is 12.0. The van der Waals surface area contributed by atoms with Gasteiger partial charge in [-0.3, -0.25) is 9.59 Å². The first kappa shape index (κ1) is 15.9. The van der Waals surface area contributed by atoms with E-state index >= 15 is 0 Å². The van der Waals surface area contributed by atoms with Crippen LogP contribution in [0.25, 0.3) is 0 Å². The average Bonchev–Trinajstić information content (AvgIpc) is 2.47. The number of carbonyl (C=O) groups is 2. The zero-order valence-electron chi connectivity index (χ0n) is 12.1. The molecular formula is C15H24O4. The highest BCUT2D eigenvalue weighted by molar-refractivity contribution is 6.23. The molecule has 0 radical (unpaired) electrons. The minimum atomic E-state index is -1.26. The maximum absolute atomic E-state index is 12.0. The summed E-state index contributed by atoms with van der Waals surface area (Å²) in [6.45, 7) is 7.83. The number of ketones is 2. The molecule has 0 spiro atoms. The lowest BCUT2D eigenvalue weighted by Gasteiger charge is -2.15. The van der Waals surface area contributed by atoms with Crippen LogP contribution in [0.15, 0.2) is 11.3 Å². The van der Waals surface area contributed by atoms with Gasteiger partial charge in [0.1, 0.15) is 17.4 Å². The summed E-state index contributed by atoms with van der Waals surface area (Å²) in [6, 6.07) is 0. The summed E-state index contributed by atoms with van der Waals surface area (Å²) < 4.78 is 0. The van der Waals surface area contributed by atoms with Crippen molar-refractivity contribution in [2.24, 2.45) is 17.8 Å². The molecule has 4 nitrogen and oxygen atoms in total. The molecule has 4 heteroatoms. The van der Waals surface area contributed by atoms with Gasteiger partial charge in [0.05, 0.1) is 5.92 Å². The van der Waals surface area contributed by atoms with Crippen molar-refractivity contribution in [3.8, 4) is 0 Å². The number of hydrogen-bond donors (Lipinski definition) is 2. The van der Waals surface area contributed by atoms with Crippen molar-refractivity contribution in [3.05, 3.63) is 11.3 Å². The second kappa shape index (κ2) is 6.33. The highest BCUT2D eigenvalue weighted by atomic mass is 16.3. The lowest BCUT2D eigenvalue weighted by atomic mass is 9.94. The van der Waals surface area contributed by atoms with Gasteiger partial charge in [-0.1, -0.05) is 34.1 Å². The SMILES string of the molecule is CC(C)CCC1C(O)=C(C(=O)CC(C)C)C(=O)C1O. The topological polar surface area (TPSA) is 74.6 Å². The first-order valence-corrected chi connectivity index (χ1v) is 6.94. The van der Waals surface area contributed by atoms with E-state index in [0.717, 1.165) is 6.42 Å². The lowest BCUT2D eigenvalue weighted by molar-refractivity contribution is -0.126. The molecule has 19 heavy (non-hydrogen) atoms. The smallest absolute Gasteiger partial charge is 0.198 e. The van der Waals surface area contributed by atoms with Crippen LogP contribution in [-0.4, -0.2) is 27.9 Å². The minimum absolute atomic E-state index is 0.118. The van der Waals surface area contributed by atoms with E-state index in [9.17, 15) is 19.8 Å². The van der Waals surface area contributed by atoms with Crippen molar-refractivity contribution in [2.45, 2.75) is 53.1 Å². The summed E-state index contributed by atoms with van der Waals surface area (Å²) in [7, 11) is 0. The molecule has 0 heterocycles. The summed E-state index contributed by atoms with van der Waals surface area (Å²) in [4.78, 5) is 23.9. The number of Topliss-reactive ketones (excluding diaryl/α,β-unsaturated/α-hetero) is 2. The number of rotatable bonds is 6. The van der Waals surface area contributed by atoms with Gasteiger partial charge < -0.3 is 10.2 Å². The van der Waals surface area contributed by atoms with E-state index in [1.807, 2.05) is 27.7 Å². The predicted molar refractivity (Wildman–Crippen MR) is 72.7 cm³/mol. The Balaban J connectivity index is 2.89. The molecule has 0 saturated carbocycles. The summed E-state index contributed by atoms with van der Waals surface area (Å²) in [5, 5.41) is 20.0. The molecule has 2 unspecified atom stereocenters. The van der Waals surface area contributed by atoms with Crippen molar-refractivity contribution >= 4 is 11.6 Å². The zero-order valence-corrected chi connectivity index (χ0v) is 12.1. The third kappa shape index (κ3) is 3.66. The maximum Gasteiger partial charge on any atom is 0.198 e. The fourth-order valence-electron chi connectivity index (χ4n) is 2.35. The van der Waals surface area contributed by atoms with Crippen LogP contribution in [-0.2, 0) is 9.59 Å². The van der Waals surface area contributed by atoms with Gasteiger partial charge in [0.15, 0.2) is 11.6 Å². The quantitative estimate of drug-likeness (QED) is 0.725. The van der Waals surface area contributed by atoms with Gasteiger partial charge in [-0.15, -0.1) is 0 Å². The highest BCUT2D eigenvalue weighted by Gasteiger charge is 2.43. The van der Waals surface area contributed by atoms with E-state index in [4.69, 9.17) is 0 Å². The van der Waals surface area contributed by atoms with Crippen LogP contribution in [0.2, 0.25) is 0 Å². The summed E-state index contributed by atoms with van der Waals surface area (Å²) in [5.74, 6) is -1.25. The summed E-state index contributed by atoms with van der Waals surface area (Å²) in [6.07, 6.45) is 0.277. The van der Waals surface area contributed by atoms with Gasteiger partial charge in [-0.2, -0.15) is 0 Å². The molecule has 1 aliphatic carbocycles. The van der Waals surface area contributed by atoms with E-state index in [-0.39, 0.29) is 29.5 Å². The van der Waals surface area contributed by atoms with Crippen molar-refractivity contribution in [1.29, 1.82) is 0 Å². The van der Waals surface area contributed by atoms with E-state index in [1.54, 1.807) is 0 Å². The second-order valence-electron chi connectivity index (χ2n) is 6.17. The zero-order chi connectivity index (χ0) is 14.7. The Morgan fingerprint density at radius 1 is 1.21 bits per heavy atom. The highest BCUT2D eigenvalue weighted by Crippen LogP contribution is 2.33. The first-order chi connectivity index (χ1) is 8.75. The second-order valence-corrected chi connectivity index (χ2v) is 6.17. The molecule has 0 amide bonds. The molecule has 0 saturated heterocycles. The normalized spacial score (nSPS) is 23.8. The van der Waals surface area contributed by atoms with Crippen LogP contribution in [0.4, 0.5) is 0 Å². The van der Waals surface area contributed by atoms with Crippen molar-refractivity contribution in [3.63, 3.8) is 0 Å². The Morgan fingerprint density at radius 2 is 1.79 bits per heavy atom. The molecule has 1 rings (SSSR count). The van der Waals surface area contributed by atoms with Gasteiger partial charge in [0.25, 0.3) is 0 Å². The molecule has 0 aliphatic heterocycles. The minimum Gasteiger partial charge on any atom is -0.511 e. The van der Waals surface area contributed by atoms with Gasteiger partial charge in [0, 0.05) is 6.42 Å². The van der Waals surface area contributed by atoms with Crippen molar-refractivity contribution < 1.29 is 19.8 Å². The van der Waals surface area contributed by atoms with E-state index in [0.29, 0.717) is 12.3 Å². The number of carbonyl (C=O) groups excluding carboxylic acids is 2. The Morgan fingerprint density at radius 3 is 2.26 bits per heavy atom. The number of hydrogen-bond acceptors (Lipinski definition) is 4. The van der Waals surface area contributed by atoms with Crippen LogP contribution in [0, 0.1) is 17.8 Å². The summed E-state index contributed by atoms with van der Waals surface area (Å²) in [5.41, 5.74) is -0.171. The van der Waals surface area contributed by atoms with Gasteiger partial charge >= 0.3 is 0 Å². The molecule has 0 aromatic rings. The summed E-state index contributed by atoms with van der Waals surface area (Å²) >= 11 is 0. The third-order valence-corrected chi connectivity index (χ3v) is 3.43. The largest absolute Gasteiger partial charge is 0.511 e. The fourth-order valence-corrected chi connectivity index (χ4v) is 2.35. The van der Waals surface area contributed by atoms with E-state index < -0.39 is 17.8 Å². The molecule has 108 valence electrons. The average molecular weight is 268 g/mol. The molecule has 2 atom stereocenters. The van der Waals surface area contributed by atoms with Crippen LogP contribution in [0.3, 0.4) is 0 Å². The van der Waals surface area contributed by atoms with Crippen molar-refractivity contribution in [1.82, 2.24) is 0 Å². The molecule has 0 aromatic carbocycles. The van der Waals surface area contributed by atoms with E-state index in [2.05, 4.69) is 0 Å². The molecule has 1 aliphatic rings. The van der Waals surface area contributed by atoms with Crippen LogP contribution >= 0.6 is 0 Å². The molecule has 2 N–H and O–H groups in total. The molecule has 0 bridgehead atoms. The standard InChI is InChI=1S/C15H24O4/c1-8(2)5-6-10-13(17)12(15(19)14(10)18)11(16)7-9(3)4/h8-10,14,17-18H,5-7H2,1-4H3. The number of aliphatic hydroxyl groups is 2. The van der Waals surface area contributed by atoms with Crippen LogP contribution < -0.4 is 0 Å². The van der Waals surface area contributed by atoms with E-state index in [1.165, 1.54) is 0 Å². The van der Waals surface area contributed by atoms with Gasteiger partial charge in [0.2, 0.25) is 0 Å². The Kier molecular flexibility index (Phi) is 5.29. The van der Waals surface area contributed by atoms with Crippen LogP contribution in [0.5, 0.6) is 0 Å². The van der Waals surface area contributed by atoms with Gasteiger partial charge in [-0.05, 0) is 18.3 Å².